The molecule has 0 aliphatic heterocycles. The van der Waals surface area contributed by atoms with Gasteiger partial charge in [-0.3, -0.25) is 23.7 Å². The van der Waals surface area contributed by atoms with Gasteiger partial charge in [-0.25, -0.2) is 9.97 Å². The number of nitrogens with zero attached hydrogens (tertiary/aromatic N) is 6. The van der Waals surface area contributed by atoms with Crippen LogP contribution in [-0.2, 0) is 24.9 Å². The topological polar surface area (TPSA) is 85.9 Å². The summed E-state index contributed by atoms with van der Waals surface area (Å²) in [4.78, 5) is 37.1. The molecule has 34 heavy (non-hydrogen) atoms. The highest BCUT2D eigenvalue weighted by molar-refractivity contribution is 7.22. The van der Waals surface area contributed by atoms with Crippen molar-refractivity contribution < 1.29 is 4.79 Å². The second-order valence-electron chi connectivity index (χ2n) is 8.39. The van der Waals surface area contributed by atoms with E-state index in [0.29, 0.717) is 22.7 Å². The first-order chi connectivity index (χ1) is 16.4. The molecule has 5 rings (SSSR count). The Labute approximate surface area is 200 Å². The van der Waals surface area contributed by atoms with E-state index in [0.717, 1.165) is 26.9 Å². The van der Waals surface area contributed by atoms with Crippen LogP contribution in [0.25, 0.3) is 21.3 Å². The Hall–Kier alpha value is -3.85. The molecule has 0 unspecified atom stereocenters. The molecule has 0 atom stereocenters. The van der Waals surface area contributed by atoms with Crippen molar-refractivity contribution in [3.8, 4) is 0 Å². The summed E-state index contributed by atoms with van der Waals surface area (Å²) >= 11 is 1.52. The number of carbonyl (C=O) groups is 1. The van der Waals surface area contributed by atoms with Gasteiger partial charge in [0, 0.05) is 20.0 Å². The Morgan fingerprint density at radius 1 is 1.15 bits per heavy atom. The fourth-order valence-corrected chi connectivity index (χ4v) is 5.12. The monoisotopic (exact) mass is 472 g/mol. The van der Waals surface area contributed by atoms with Gasteiger partial charge in [-0.2, -0.15) is 5.10 Å². The number of fused-ring (bicyclic) bond motifs is 2. The second kappa shape index (κ2) is 8.83. The quantitative estimate of drug-likeness (QED) is 0.373. The van der Waals surface area contributed by atoms with Crippen molar-refractivity contribution in [2.24, 2.45) is 7.05 Å². The standard InChI is InChI=1S/C25H24N6O2S/c1-16-11-17(2)22-20(12-16)28-25(34-22)31(14-18-7-5-4-6-8-18)21(32)9-10-30-15-26-23-19(24(30)33)13-27-29(23)3/h4-8,11-13,15H,9-10,14H2,1-3H3. The number of rotatable bonds is 6. The molecule has 0 aliphatic carbocycles. The van der Waals surface area contributed by atoms with Crippen molar-refractivity contribution in [3.05, 3.63) is 82.0 Å². The number of hydrogen-bond acceptors (Lipinski definition) is 6. The molecule has 0 saturated heterocycles. The Bertz CT molecular complexity index is 1570. The van der Waals surface area contributed by atoms with Gasteiger partial charge < -0.3 is 0 Å². The maximum Gasteiger partial charge on any atom is 0.264 e. The van der Waals surface area contributed by atoms with Gasteiger partial charge >= 0.3 is 0 Å². The van der Waals surface area contributed by atoms with Crippen molar-refractivity contribution in [3.63, 3.8) is 0 Å². The van der Waals surface area contributed by atoms with Gasteiger partial charge in [0.05, 0.1) is 29.3 Å². The number of thiazole rings is 1. The summed E-state index contributed by atoms with van der Waals surface area (Å²) in [5.41, 5.74) is 4.52. The lowest BCUT2D eigenvalue weighted by Crippen LogP contribution is -2.32. The highest BCUT2D eigenvalue weighted by Gasteiger charge is 2.21. The van der Waals surface area contributed by atoms with Crippen LogP contribution in [0, 0.1) is 13.8 Å². The lowest BCUT2D eigenvalue weighted by molar-refractivity contribution is -0.119. The maximum atomic E-state index is 13.5. The van der Waals surface area contributed by atoms with E-state index in [9.17, 15) is 9.59 Å². The first kappa shape index (κ1) is 22.0. The van der Waals surface area contributed by atoms with Gasteiger partial charge in [-0.1, -0.05) is 47.7 Å². The summed E-state index contributed by atoms with van der Waals surface area (Å²) < 4.78 is 4.10. The smallest absolute Gasteiger partial charge is 0.264 e. The fourth-order valence-electron chi connectivity index (χ4n) is 4.09. The molecule has 172 valence electrons. The van der Waals surface area contributed by atoms with Crippen molar-refractivity contribution >= 4 is 43.6 Å². The lowest BCUT2D eigenvalue weighted by Gasteiger charge is -2.20. The minimum Gasteiger partial charge on any atom is -0.298 e. The number of hydrogen-bond donors (Lipinski definition) is 0. The molecule has 0 N–H and O–H groups in total. The largest absolute Gasteiger partial charge is 0.298 e. The van der Waals surface area contributed by atoms with Crippen LogP contribution in [0.15, 0.2) is 59.8 Å². The fraction of sp³-hybridized carbons (Fsp3) is 0.240. The third kappa shape index (κ3) is 4.10. The van der Waals surface area contributed by atoms with Crippen molar-refractivity contribution in [1.82, 2.24) is 24.3 Å². The minimum atomic E-state index is -0.202. The van der Waals surface area contributed by atoms with E-state index in [-0.39, 0.29) is 24.4 Å². The van der Waals surface area contributed by atoms with Crippen LogP contribution in [0.5, 0.6) is 0 Å². The molecule has 0 radical (unpaired) electrons. The molecule has 0 fully saturated rings. The predicted molar refractivity (Wildman–Crippen MR) is 134 cm³/mol. The number of aromatic nitrogens is 5. The Morgan fingerprint density at radius 3 is 2.74 bits per heavy atom. The number of benzene rings is 2. The van der Waals surface area contributed by atoms with Crippen LogP contribution in [0.1, 0.15) is 23.1 Å². The van der Waals surface area contributed by atoms with E-state index in [1.54, 1.807) is 16.6 Å². The Kier molecular flexibility index (Phi) is 5.70. The summed E-state index contributed by atoms with van der Waals surface area (Å²) in [6.07, 6.45) is 3.13. The highest BCUT2D eigenvalue weighted by Crippen LogP contribution is 2.33. The zero-order valence-electron chi connectivity index (χ0n) is 19.2. The van der Waals surface area contributed by atoms with Crippen molar-refractivity contribution in [1.29, 1.82) is 0 Å². The molecule has 8 nitrogen and oxygen atoms in total. The number of carbonyl (C=O) groups excluding carboxylic acids is 1. The van der Waals surface area contributed by atoms with Gasteiger partial charge in [0.1, 0.15) is 5.39 Å². The van der Waals surface area contributed by atoms with Crippen molar-refractivity contribution in [2.75, 3.05) is 4.90 Å². The Balaban J connectivity index is 1.45. The van der Waals surface area contributed by atoms with Gasteiger partial charge in [-0.05, 0) is 36.6 Å². The zero-order chi connectivity index (χ0) is 23.8. The molecule has 5 aromatic rings. The van der Waals surface area contributed by atoms with E-state index < -0.39 is 0 Å². The van der Waals surface area contributed by atoms with E-state index in [2.05, 4.69) is 23.1 Å². The summed E-state index contributed by atoms with van der Waals surface area (Å²) in [5.74, 6) is -0.101. The van der Waals surface area contributed by atoms with Crippen LogP contribution in [0.2, 0.25) is 0 Å². The molecule has 2 aromatic carbocycles. The number of aryl methyl sites for hydroxylation is 4. The van der Waals surface area contributed by atoms with Crippen molar-refractivity contribution in [2.45, 2.75) is 33.4 Å². The molecule has 3 heterocycles. The van der Waals surface area contributed by atoms with E-state index in [1.807, 2.05) is 43.3 Å². The molecular formula is C25H24N6O2S. The SMILES string of the molecule is Cc1cc(C)c2sc(N(Cc3ccccc3)C(=O)CCn3cnc4c(cnn4C)c3=O)nc2c1. The van der Waals surface area contributed by atoms with Gasteiger partial charge in [-0.15, -0.1) is 0 Å². The normalized spacial score (nSPS) is 11.4. The first-order valence-electron chi connectivity index (χ1n) is 11.0. The summed E-state index contributed by atoms with van der Waals surface area (Å²) in [6, 6.07) is 14.0. The molecular weight excluding hydrogens is 448 g/mol. The average molecular weight is 473 g/mol. The average Bonchev–Trinajstić information content (AvgIpc) is 3.42. The van der Waals surface area contributed by atoms with Gasteiger partial charge in [0.2, 0.25) is 5.91 Å². The summed E-state index contributed by atoms with van der Waals surface area (Å²) in [5, 5.41) is 5.20. The zero-order valence-corrected chi connectivity index (χ0v) is 20.0. The van der Waals surface area contributed by atoms with Gasteiger partial charge in [0.15, 0.2) is 10.8 Å². The highest BCUT2D eigenvalue weighted by atomic mass is 32.1. The van der Waals surface area contributed by atoms with Crippen LogP contribution in [0.3, 0.4) is 0 Å². The third-order valence-corrected chi connectivity index (χ3v) is 7.04. The summed E-state index contributed by atoms with van der Waals surface area (Å²) in [7, 11) is 1.74. The molecule has 0 saturated carbocycles. The van der Waals surface area contributed by atoms with E-state index in [1.165, 1.54) is 28.4 Å². The lowest BCUT2D eigenvalue weighted by atomic mass is 10.1. The maximum absolute atomic E-state index is 13.5. The molecule has 1 amide bonds. The Morgan fingerprint density at radius 2 is 1.94 bits per heavy atom. The van der Waals surface area contributed by atoms with Crippen LogP contribution in [0.4, 0.5) is 5.13 Å². The minimum absolute atomic E-state index is 0.101. The third-order valence-electron chi connectivity index (χ3n) is 5.81. The molecule has 9 heteroatoms. The molecule has 0 bridgehead atoms. The predicted octanol–water partition coefficient (Wildman–Crippen LogP) is 3.98. The molecule has 0 aliphatic rings. The molecule has 0 spiro atoms. The molecule has 3 aromatic heterocycles. The van der Waals surface area contributed by atoms with E-state index >= 15 is 0 Å². The van der Waals surface area contributed by atoms with Crippen LogP contribution < -0.4 is 10.5 Å². The summed E-state index contributed by atoms with van der Waals surface area (Å²) in [6.45, 7) is 4.74. The number of amides is 1. The van der Waals surface area contributed by atoms with Crippen LogP contribution in [-0.4, -0.2) is 30.2 Å². The second-order valence-corrected chi connectivity index (χ2v) is 9.37. The van der Waals surface area contributed by atoms with Crippen LogP contribution >= 0.6 is 11.3 Å². The first-order valence-corrected chi connectivity index (χ1v) is 11.8. The van der Waals surface area contributed by atoms with E-state index in [4.69, 9.17) is 4.98 Å². The number of anilines is 1. The van der Waals surface area contributed by atoms with Gasteiger partial charge in [0.25, 0.3) is 5.56 Å².